The van der Waals surface area contributed by atoms with E-state index in [1.54, 1.807) is 30.1 Å². The topological polar surface area (TPSA) is 93.8 Å². The third-order valence-corrected chi connectivity index (χ3v) is 5.46. The summed E-state index contributed by atoms with van der Waals surface area (Å²) in [6, 6.07) is 11.2. The molecule has 1 aliphatic rings. The summed E-state index contributed by atoms with van der Waals surface area (Å²) in [4.78, 5) is 19.7. The van der Waals surface area contributed by atoms with Crippen molar-refractivity contribution in [3.8, 4) is 0 Å². The van der Waals surface area contributed by atoms with Gasteiger partial charge in [-0.3, -0.25) is 4.79 Å². The number of rotatable bonds is 4. The van der Waals surface area contributed by atoms with Crippen LogP contribution in [0.25, 0.3) is 11.0 Å². The smallest absolute Gasteiger partial charge is 0.272 e. The van der Waals surface area contributed by atoms with Gasteiger partial charge in [0.1, 0.15) is 5.82 Å². The number of carbonyl (C=O) groups is 1. The number of benzene rings is 1. The number of nitrogens with one attached hydrogen (secondary N) is 1. The zero-order valence-electron chi connectivity index (χ0n) is 16.3. The van der Waals surface area contributed by atoms with Gasteiger partial charge < -0.3 is 10.2 Å². The van der Waals surface area contributed by atoms with E-state index in [1.165, 1.54) is 0 Å². The van der Waals surface area contributed by atoms with Gasteiger partial charge in [-0.25, -0.2) is 14.3 Å². The maximum atomic E-state index is 12.7. The Kier molecular flexibility index (Phi) is 4.59. The van der Waals surface area contributed by atoms with Crippen LogP contribution in [-0.2, 0) is 26.7 Å². The summed E-state index contributed by atoms with van der Waals surface area (Å²) >= 11 is 5.91. The fraction of sp³-hybridized carbons (Fsp3) is 0.250. The molecule has 5 rings (SSSR count). The van der Waals surface area contributed by atoms with Gasteiger partial charge in [0.05, 0.1) is 30.4 Å². The average molecular weight is 423 g/mol. The lowest BCUT2D eigenvalue weighted by molar-refractivity contribution is 0.0947. The van der Waals surface area contributed by atoms with Crippen LogP contribution >= 0.6 is 11.6 Å². The van der Waals surface area contributed by atoms with Crippen molar-refractivity contribution in [3.63, 3.8) is 0 Å². The highest BCUT2D eigenvalue weighted by Crippen LogP contribution is 2.23. The number of carbonyl (C=O) groups excluding carboxylic acids is 1. The largest absolute Gasteiger partial charge is 0.349 e. The van der Waals surface area contributed by atoms with Crippen molar-refractivity contribution < 1.29 is 4.79 Å². The zero-order valence-corrected chi connectivity index (χ0v) is 17.0. The first-order valence-corrected chi connectivity index (χ1v) is 9.95. The second-order valence-corrected chi connectivity index (χ2v) is 7.63. The van der Waals surface area contributed by atoms with Crippen molar-refractivity contribution in [2.24, 2.45) is 7.05 Å². The van der Waals surface area contributed by atoms with Crippen LogP contribution in [0.1, 0.15) is 21.7 Å². The van der Waals surface area contributed by atoms with Gasteiger partial charge in [0, 0.05) is 25.2 Å². The minimum Gasteiger partial charge on any atom is -0.349 e. The SMILES string of the molecule is Cn1nc(C(=O)NCc2ccc(Cl)cc2)c2ccc(N3CCn4nncc4C3)nc21. The number of aromatic nitrogens is 6. The molecule has 3 aromatic heterocycles. The summed E-state index contributed by atoms with van der Waals surface area (Å²) < 4.78 is 3.55. The Labute approximate surface area is 177 Å². The molecule has 4 aromatic rings. The summed E-state index contributed by atoms with van der Waals surface area (Å²) in [5.41, 5.74) is 3.05. The van der Waals surface area contributed by atoms with Crippen molar-refractivity contribution in [1.29, 1.82) is 0 Å². The standard InChI is InChI=1S/C20H19ClN8O/c1-27-19-16(18(25-27)20(30)22-10-13-2-4-14(21)5-3-13)6-7-17(24-19)28-8-9-29-15(12-28)11-23-26-29/h2-7,11H,8-10,12H2,1H3,(H,22,30). The molecule has 0 unspecified atom stereocenters. The van der Waals surface area contributed by atoms with E-state index < -0.39 is 0 Å². The van der Waals surface area contributed by atoms with E-state index >= 15 is 0 Å². The highest BCUT2D eigenvalue weighted by Gasteiger charge is 2.21. The Morgan fingerprint density at radius 1 is 1.17 bits per heavy atom. The number of hydrogen-bond donors (Lipinski definition) is 1. The molecule has 0 bridgehead atoms. The first-order chi connectivity index (χ1) is 14.6. The van der Waals surface area contributed by atoms with Gasteiger partial charge in [-0.1, -0.05) is 28.9 Å². The highest BCUT2D eigenvalue weighted by atomic mass is 35.5. The summed E-state index contributed by atoms with van der Waals surface area (Å²) in [7, 11) is 1.80. The number of pyridine rings is 1. The molecule has 1 aliphatic heterocycles. The molecular formula is C20H19ClN8O. The Hall–Kier alpha value is -3.46. The van der Waals surface area contributed by atoms with Crippen LogP contribution in [0.2, 0.25) is 5.02 Å². The van der Waals surface area contributed by atoms with E-state index in [1.807, 2.05) is 28.9 Å². The molecule has 0 saturated heterocycles. The van der Waals surface area contributed by atoms with Crippen molar-refractivity contribution >= 4 is 34.4 Å². The molecule has 4 heterocycles. The third-order valence-electron chi connectivity index (χ3n) is 5.21. The minimum absolute atomic E-state index is 0.238. The first-order valence-electron chi connectivity index (χ1n) is 9.57. The summed E-state index contributed by atoms with van der Waals surface area (Å²) in [5.74, 6) is 0.601. The number of fused-ring (bicyclic) bond motifs is 2. The van der Waals surface area contributed by atoms with Crippen LogP contribution in [0.15, 0.2) is 42.6 Å². The number of nitrogens with zero attached hydrogens (tertiary/aromatic N) is 7. The fourth-order valence-electron chi connectivity index (χ4n) is 3.61. The maximum Gasteiger partial charge on any atom is 0.272 e. The number of hydrogen-bond acceptors (Lipinski definition) is 6. The lowest BCUT2D eigenvalue weighted by Gasteiger charge is -2.28. The predicted molar refractivity (Wildman–Crippen MR) is 112 cm³/mol. The lowest BCUT2D eigenvalue weighted by Crippen LogP contribution is -2.34. The van der Waals surface area contributed by atoms with Crippen molar-refractivity contribution in [3.05, 3.63) is 64.6 Å². The molecule has 0 atom stereocenters. The molecule has 0 spiro atoms. The predicted octanol–water partition coefficient (Wildman–Crippen LogP) is 2.16. The molecule has 1 N–H and O–H groups in total. The summed E-state index contributed by atoms with van der Waals surface area (Å²) in [6.07, 6.45) is 1.78. The lowest BCUT2D eigenvalue weighted by atomic mass is 10.2. The molecule has 152 valence electrons. The summed E-state index contributed by atoms with van der Waals surface area (Å²) in [6.45, 7) is 2.65. The van der Waals surface area contributed by atoms with Crippen molar-refractivity contribution in [2.45, 2.75) is 19.6 Å². The highest BCUT2D eigenvalue weighted by molar-refractivity contribution is 6.30. The van der Waals surface area contributed by atoms with Gasteiger partial charge >= 0.3 is 0 Å². The maximum absolute atomic E-state index is 12.7. The van der Waals surface area contributed by atoms with Crippen molar-refractivity contribution in [1.82, 2.24) is 35.1 Å². The summed E-state index contributed by atoms with van der Waals surface area (Å²) in [5, 5.41) is 16.7. The quantitative estimate of drug-likeness (QED) is 0.541. The molecule has 10 heteroatoms. The fourth-order valence-corrected chi connectivity index (χ4v) is 3.73. The van der Waals surface area contributed by atoms with Gasteiger partial charge in [0.25, 0.3) is 5.91 Å². The average Bonchev–Trinajstić information content (AvgIpc) is 3.37. The molecular weight excluding hydrogens is 404 g/mol. The second kappa shape index (κ2) is 7.42. The van der Waals surface area contributed by atoms with Crippen LogP contribution in [0, 0.1) is 0 Å². The Bertz CT molecular complexity index is 1230. The van der Waals surface area contributed by atoms with Gasteiger partial charge in [-0.15, -0.1) is 5.10 Å². The molecule has 1 amide bonds. The molecule has 1 aromatic carbocycles. The van der Waals surface area contributed by atoms with E-state index in [0.29, 0.717) is 29.5 Å². The number of aryl methyl sites for hydroxylation is 1. The van der Waals surface area contributed by atoms with Crippen LogP contribution in [0.4, 0.5) is 5.82 Å². The Morgan fingerprint density at radius 3 is 2.83 bits per heavy atom. The molecule has 0 saturated carbocycles. The number of amides is 1. The van der Waals surface area contributed by atoms with Crippen LogP contribution in [-0.4, -0.2) is 42.2 Å². The van der Waals surface area contributed by atoms with Gasteiger partial charge in [-0.05, 0) is 29.8 Å². The molecule has 9 nitrogen and oxygen atoms in total. The number of halogens is 1. The third kappa shape index (κ3) is 3.37. The molecule has 30 heavy (non-hydrogen) atoms. The number of anilines is 1. The van der Waals surface area contributed by atoms with E-state index in [0.717, 1.165) is 35.6 Å². The Morgan fingerprint density at radius 2 is 2.00 bits per heavy atom. The van der Waals surface area contributed by atoms with E-state index in [4.69, 9.17) is 16.6 Å². The minimum atomic E-state index is -0.238. The van der Waals surface area contributed by atoms with E-state index in [-0.39, 0.29) is 5.91 Å². The zero-order chi connectivity index (χ0) is 20.7. The molecule has 0 radical (unpaired) electrons. The normalized spacial score (nSPS) is 13.5. The Balaban J connectivity index is 1.37. The van der Waals surface area contributed by atoms with Crippen molar-refractivity contribution in [2.75, 3.05) is 11.4 Å². The van der Waals surface area contributed by atoms with E-state index in [2.05, 4.69) is 25.6 Å². The van der Waals surface area contributed by atoms with Gasteiger partial charge in [-0.2, -0.15) is 5.10 Å². The van der Waals surface area contributed by atoms with Gasteiger partial charge in [0.15, 0.2) is 11.3 Å². The first kappa shape index (κ1) is 18.6. The monoisotopic (exact) mass is 422 g/mol. The second-order valence-electron chi connectivity index (χ2n) is 7.19. The van der Waals surface area contributed by atoms with Crippen LogP contribution in [0.3, 0.4) is 0 Å². The van der Waals surface area contributed by atoms with Gasteiger partial charge in [0.2, 0.25) is 0 Å². The molecule has 0 aliphatic carbocycles. The molecule has 0 fully saturated rings. The van der Waals surface area contributed by atoms with Crippen LogP contribution in [0.5, 0.6) is 0 Å². The van der Waals surface area contributed by atoms with E-state index in [9.17, 15) is 4.79 Å². The van der Waals surface area contributed by atoms with Crippen LogP contribution < -0.4 is 10.2 Å².